The van der Waals surface area contributed by atoms with Gasteiger partial charge in [-0.05, 0) is 6.92 Å². The van der Waals surface area contributed by atoms with Crippen LogP contribution in [-0.4, -0.2) is 65.8 Å². The molecule has 0 spiro atoms. The smallest absolute Gasteiger partial charge is 0.157 e. The molecular weight excluding hydrogens is 266 g/mol. The first-order valence-corrected chi connectivity index (χ1v) is 6.83. The van der Waals surface area contributed by atoms with Crippen molar-refractivity contribution in [1.82, 2.24) is 14.9 Å². The SMILES string of the molecule is CNc1c(Cl)ncnc1N1CCN(C[C@@H](C)O)CC1. The zero-order valence-electron chi connectivity index (χ0n) is 11.3. The second-order valence-electron chi connectivity index (χ2n) is 4.75. The zero-order chi connectivity index (χ0) is 13.8. The number of piperazine rings is 1. The van der Waals surface area contributed by atoms with Crippen LogP contribution in [0.4, 0.5) is 11.5 Å². The molecule has 0 amide bonds. The van der Waals surface area contributed by atoms with Crippen molar-refractivity contribution in [2.45, 2.75) is 13.0 Å². The summed E-state index contributed by atoms with van der Waals surface area (Å²) in [4.78, 5) is 12.7. The van der Waals surface area contributed by atoms with E-state index in [0.29, 0.717) is 5.15 Å². The fraction of sp³-hybridized carbons (Fsp3) is 0.667. The van der Waals surface area contributed by atoms with E-state index >= 15 is 0 Å². The molecule has 106 valence electrons. The fourth-order valence-electron chi connectivity index (χ4n) is 2.33. The van der Waals surface area contributed by atoms with Crippen LogP contribution in [0.15, 0.2) is 6.33 Å². The van der Waals surface area contributed by atoms with Gasteiger partial charge in [0.25, 0.3) is 0 Å². The minimum atomic E-state index is -0.284. The standard InChI is InChI=1S/C12H20ClN5O/c1-9(19)7-17-3-5-18(6-4-17)12-10(14-2)11(13)15-8-16-12/h8-9,14,19H,3-7H2,1-2H3/t9-/m1/s1. The lowest BCUT2D eigenvalue weighted by Crippen LogP contribution is -2.48. The number of rotatable bonds is 4. The van der Waals surface area contributed by atoms with Gasteiger partial charge in [-0.15, -0.1) is 0 Å². The third-order valence-electron chi connectivity index (χ3n) is 3.23. The van der Waals surface area contributed by atoms with Crippen molar-refractivity contribution in [3.05, 3.63) is 11.5 Å². The van der Waals surface area contributed by atoms with E-state index in [0.717, 1.165) is 44.2 Å². The largest absolute Gasteiger partial charge is 0.392 e. The zero-order valence-corrected chi connectivity index (χ0v) is 12.1. The second-order valence-corrected chi connectivity index (χ2v) is 5.11. The molecule has 1 aromatic rings. The lowest BCUT2D eigenvalue weighted by atomic mass is 10.2. The maximum Gasteiger partial charge on any atom is 0.157 e. The van der Waals surface area contributed by atoms with E-state index in [1.165, 1.54) is 6.33 Å². The molecule has 2 heterocycles. The minimum Gasteiger partial charge on any atom is -0.392 e. The molecule has 1 aromatic heterocycles. The van der Waals surface area contributed by atoms with Crippen LogP contribution in [0.1, 0.15) is 6.92 Å². The third kappa shape index (κ3) is 3.46. The average Bonchev–Trinajstić information content (AvgIpc) is 2.38. The first-order valence-electron chi connectivity index (χ1n) is 6.45. The highest BCUT2D eigenvalue weighted by Crippen LogP contribution is 2.29. The summed E-state index contributed by atoms with van der Waals surface area (Å²) >= 11 is 6.06. The summed E-state index contributed by atoms with van der Waals surface area (Å²) in [6, 6.07) is 0. The van der Waals surface area contributed by atoms with Crippen molar-refractivity contribution in [3.8, 4) is 0 Å². The number of nitrogens with zero attached hydrogens (tertiary/aromatic N) is 4. The fourth-order valence-corrected chi connectivity index (χ4v) is 2.55. The molecule has 19 heavy (non-hydrogen) atoms. The summed E-state index contributed by atoms with van der Waals surface area (Å²) in [5.74, 6) is 0.846. The highest BCUT2D eigenvalue weighted by atomic mass is 35.5. The summed E-state index contributed by atoms with van der Waals surface area (Å²) in [6.07, 6.45) is 1.20. The van der Waals surface area contributed by atoms with Crippen molar-refractivity contribution in [2.75, 3.05) is 50.0 Å². The van der Waals surface area contributed by atoms with Crippen molar-refractivity contribution in [3.63, 3.8) is 0 Å². The molecule has 1 aliphatic heterocycles. The van der Waals surface area contributed by atoms with E-state index in [2.05, 4.69) is 25.1 Å². The Kier molecular flexibility index (Phi) is 4.79. The molecule has 1 saturated heterocycles. The monoisotopic (exact) mass is 285 g/mol. The normalized spacial score (nSPS) is 18.4. The van der Waals surface area contributed by atoms with E-state index < -0.39 is 0 Å². The van der Waals surface area contributed by atoms with Gasteiger partial charge in [-0.25, -0.2) is 9.97 Å². The number of β-amino-alcohol motifs (C(OH)–C–C–N with tert-alkyl or cyclic N) is 1. The van der Waals surface area contributed by atoms with Crippen LogP contribution in [0.2, 0.25) is 5.15 Å². The number of hydrogen-bond acceptors (Lipinski definition) is 6. The molecule has 1 atom stereocenters. The number of nitrogens with one attached hydrogen (secondary N) is 1. The van der Waals surface area contributed by atoms with Gasteiger partial charge in [0, 0.05) is 39.8 Å². The Labute approximate surface area is 118 Å². The van der Waals surface area contributed by atoms with Gasteiger partial charge in [-0.1, -0.05) is 11.6 Å². The van der Waals surface area contributed by atoms with Crippen LogP contribution < -0.4 is 10.2 Å². The Balaban J connectivity index is 2.03. The topological polar surface area (TPSA) is 64.5 Å². The van der Waals surface area contributed by atoms with E-state index in [-0.39, 0.29) is 6.10 Å². The maximum absolute atomic E-state index is 9.40. The number of aromatic nitrogens is 2. The molecule has 0 radical (unpaired) electrons. The van der Waals surface area contributed by atoms with Crippen molar-refractivity contribution >= 4 is 23.1 Å². The van der Waals surface area contributed by atoms with Gasteiger partial charge >= 0.3 is 0 Å². The van der Waals surface area contributed by atoms with Crippen LogP contribution in [0.3, 0.4) is 0 Å². The lowest BCUT2D eigenvalue weighted by molar-refractivity contribution is 0.122. The van der Waals surface area contributed by atoms with E-state index in [9.17, 15) is 5.11 Å². The first kappa shape index (κ1) is 14.3. The number of anilines is 2. The Morgan fingerprint density at radius 3 is 2.63 bits per heavy atom. The van der Waals surface area contributed by atoms with E-state index in [1.54, 1.807) is 0 Å². The molecule has 0 aliphatic carbocycles. The van der Waals surface area contributed by atoms with Gasteiger partial charge in [0.15, 0.2) is 11.0 Å². The second kappa shape index (κ2) is 6.36. The van der Waals surface area contributed by atoms with Crippen molar-refractivity contribution in [2.24, 2.45) is 0 Å². The Morgan fingerprint density at radius 2 is 2.05 bits per heavy atom. The van der Waals surface area contributed by atoms with E-state index in [4.69, 9.17) is 11.6 Å². The molecule has 2 rings (SSSR count). The van der Waals surface area contributed by atoms with Gasteiger partial charge in [-0.3, -0.25) is 4.90 Å². The Hall–Kier alpha value is -1.11. The highest BCUT2D eigenvalue weighted by molar-refractivity contribution is 6.32. The predicted octanol–water partition coefficient (Wildman–Crippen LogP) is 0.674. The molecule has 1 fully saturated rings. The third-order valence-corrected chi connectivity index (χ3v) is 3.51. The molecule has 0 bridgehead atoms. The van der Waals surface area contributed by atoms with Gasteiger partial charge in [0.2, 0.25) is 0 Å². The van der Waals surface area contributed by atoms with Gasteiger partial charge in [0.1, 0.15) is 12.0 Å². The van der Waals surface area contributed by atoms with Crippen LogP contribution in [-0.2, 0) is 0 Å². The molecule has 0 saturated carbocycles. The number of aliphatic hydroxyl groups is 1. The minimum absolute atomic E-state index is 0.284. The summed E-state index contributed by atoms with van der Waals surface area (Å²) in [6.45, 7) is 6.10. The van der Waals surface area contributed by atoms with Crippen molar-refractivity contribution in [1.29, 1.82) is 0 Å². The quantitative estimate of drug-likeness (QED) is 0.793. The lowest BCUT2D eigenvalue weighted by Gasteiger charge is -2.36. The Bertz CT molecular complexity index is 421. The molecule has 6 nitrogen and oxygen atoms in total. The molecular formula is C12H20ClN5O. The number of halogens is 1. The average molecular weight is 286 g/mol. The van der Waals surface area contributed by atoms with Crippen LogP contribution in [0.5, 0.6) is 0 Å². The molecule has 0 unspecified atom stereocenters. The highest BCUT2D eigenvalue weighted by Gasteiger charge is 2.21. The predicted molar refractivity (Wildman–Crippen MR) is 76.9 cm³/mol. The summed E-state index contributed by atoms with van der Waals surface area (Å²) in [5.41, 5.74) is 0.771. The molecule has 7 heteroatoms. The first-order chi connectivity index (χ1) is 9.11. The van der Waals surface area contributed by atoms with Crippen LogP contribution in [0.25, 0.3) is 0 Å². The number of aliphatic hydroxyl groups excluding tert-OH is 1. The number of hydrogen-bond donors (Lipinski definition) is 2. The Morgan fingerprint density at radius 1 is 1.37 bits per heavy atom. The van der Waals surface area contributed by atoms with Gasteiger partial charge < -0.3 is 15.3 Å². The molecule has 1 aliphatic rings. The molecule has 2 N–H and O–H groups in total. The van der Waals surface area contributed by atoms with Crippen molar-refractivity contribution < 1.29 is 5.11 Å². The van der Waals surface area contributed by atoms with E-state index in [1.807, 2.05) is 14.0 Å². The van der Waals surface area contributed by atoms with Crippen LogP contribution in [0, 0.1) is 0 Å². The van der Waals surface area contributed by atoms with Gasteiger partial charge in [0.05, 0.1) is 6.10 Å². The maximum atomic E-state index is 9.40. The summed E-state index contributed by atoms with van der Waals surface area (Å²) < 4.78 is 0. The molecule has 0 aromatic carbocycles. The van der Waals surface area contributed by atoms with Gasteiger partial charge in [-0.2, -0.15) is 0 Å². The van der Waals surface area contributed by atoms with Crippen LogP contribution >= 0.6 is 11.6 Å². The summed E-state index contributed by atoms with van der Waals surface area (Å²) in [5, 5.41) is 12.9. The summed E-state index contributed by atoms with van der Waals surface area (Å²) in [7, 11) is 1.82.